The van der Waals surface area contributed by atoms with Gasteiger partial charge in [-0.15, -0.1) is 0 Å². The van der Waals surface area contributed by atoms with Gasteiger partial charge >= 0.3 is 0 Å². The van der Waals surface area contributed by atoms with Crippen molar-refractivity contribution in [1.29, 1.82) is 0 Å². The highest BCUT2D eigenvalue weighted by Gasteiger charge is 2.42. The lowest BCUT2D eigenvalue weighted by Gasteiger charge is -2.48. The second kappa shape index (κ2) is 7.26. The van der Waals surface area contributed by atoms with Crippen molar-refractivity contribution in [3.63, 3.8) is 0 Å². The minimum Gasteiger partial charge on any atom is -0.312 e. The summed E-state index contributed by atoms with van der Waals surface area (Å²) in [5.41, 5.74) is 0.459. The number of hydrogen-bond donors (Lipinski definition) is 1. The first-order valence-electron chi connectivity index (χ1n) is 9.06. The quantitative estimate of drug-likeness (QED) is 0.789. The molecule has 0 spiro atoms. The summed E-state index contributed by atoms with van der Waals surface area (Å²) >= 11 is 0. The van der Waals surface area contributed by atoms with Crippen LogP contribution in [0, 0.1) is 11.3 Å². The summed E-state index contributed by atoms with van der Waals surface area (Å²) in [7, 11) is 0. The average molecular weight is 280 g/mol. The van der Waals surface area contributed by atoms with Crippen LogP contribution in [0.4, 0.5) is 0 Å². The predicted octanol–water partition coefficient (Wildman–Crippen LogP) is 4.06. The number of nitrogens with one attached hydrogen (secondary N) is 1. The van der Waals surface area contributed by atoms with Gasteiger partial charge in [-0.05, 0) is 56.5 Å². The van der Waals surface area contributed by atoms with Crippen LogP contribution in [0.2, 0.25) is 0 Å². The van der Waals surface area contributed by atoms with E-state index in [0.29, 0.717) is 11.5 Å². The summed E-state index contributed by atoms with van der Waals surface area (Å²) in [4.78, 5) is 2.83. The first-order chi connectivity index (χ1) is 9.58. The zero-order valence-corrected chi connectivity index (χ0v) is 14.3. The lowest BCUT2D eigenvalue weighted by molar-refractivity contribution is 0.0594. The third kappa shape index (κ3) is 3.76. The summed E-state index contributed by atoms with van der Waals surface area (Å²) in [5, 5.41) is 3.89. The number of rotatable bonds is 6. The average Bonchev–Trinajstić information content (AvgIpc) is 2.85. The second-order valence-corrected chi connectivity index (χ2v) is 7.82. The molecule has 0 bridgehead atoms. The van der Waals surface area contributed by atoms with Gasteiger partial charge < -0.3 is 5.32 Å². The molecule has 0 amide bonds. The Balaban J connectivity index is 2.00. The van der Waals surface area contributed by atoms with Gasteiger partial charge in [0, 0.05) is 18.6 Å². The summed E-state index contributed by atoms with van der Waals surface area (Å²) in [5.74, 6) is 0.969. The standard InChI is InChI=1S/C18H36N2/c1-5-8-15-10-13-20(14-15)16-9-7-11-18(3,4)17(16)19-12-6-2/h15-17,19H,5-14H2,1-4H3. The molecule has 1 N–H and O–H groups in total. The molecule has 2 heteroatoms. The van der Waals surface area contributed by atoms with Crippen molar-refractivity contribution < 1.29 is 0 Å². The van der Waals surface area contributed by atoms with Crippen molar-refractivity contribution in [2.24, 2.45) is 11.3 Å². The van der Waals surface area contributed by atoms with Crippen LogP contribution in [0.1, 0.15) is 72.6 Å². The van der Waals surface area contributed by atoms with Crippen molar-refractivity contribution in [3.05, 3.63) is 0 Å². The Hall–Kier alpha value is -0.0800. The first kappa shape index (κ1) is 16.3. The zero-order chi connectivity index (χ0) is 14.6. The number of nitrogens with zero attached hydrogens (tertiary/aromatic N) is 1. The maximum absolute atomic E-state index is 3.89. The van der Waals surface area contributed by atoms with Gasteiger partial charge in [-0.1, -0.05) is 40.5 Å². The molecule has 1 saturated carbocycles. The largest absolute Gasteiger partial charge is 0.312 e. The molecule has 2 fully saturated rings. The van der Waals surface area contributed by atoms with E-state index in [9.17, 15) is 0 Å². The Morgan fingerprint density at radius 3 is 2.65 bits per heavy atom. The van der Waals surface area contributed by atoms with E-state index in [1.807, 2.05) is 0 Å². The molecule has 0 radical (unpaired) electrons. The molecule has 0 aromatic heterocycles. The molecule has 118 valence electrons. The van der Waals surface area contributed by atoms with Gasteiger partial charge in [0.15, 0.2) is 0 Å². The van der Waals surface area contributed by atoms with Crippen LogP contribution in [-0.4, -0.2) is 36.6 Å². The molecule has 2 aliphatic rings. The van der Waals surface area contributed by atoms with Crippen molar-refractivity contribution in [3.8, 4) is 0 Å². The zero-order valence-electron chi connectivity index (χ0n) is 14.3. The van der Waals surface area contributed by atoms with Crippen LogP contribution in [-0.2, 0) is 0 Å². The van der Waals surface area contributed by atoms with E-state index < -0.39 is 0 Å². The van der Waals surface area contributed by atoms with Crippen LogP contribution < -0.4 is 5.32 Å². The fraction of sp³-hybridized carbons (Fsp3) is 1.00. The lowest BCUT2D eigenvalue weighted by Crippen LogP contribution is -2.58. The maximum atomic E-state index is 3.89. The summed E-state index contributed by atoms with van der Waals surface area (Å²) in [6, 6.07) is 1.48. The van der Waals surface area contributed by atoms with E-state index in [4.69, 9.17) is 0 Å². The van der Waals surface area contributed by atoms with Gasteiger partial charge in [0.1, 0.15) is 0 Å². The molecule has 1 heterocycles. The van der Waals surface area contributed by atoms with Gasteiger partial charge in [-0.2, -0.15) is 0 Å². The van der Waals surface area contributed by atoms with Crippen LogP contribution in [0.3, 0.4) is 0 Å². The molecule has 1 aliphatic carbocycles. The Morgan fingerprint density at radius 1 is 1.15 bits per heavy atom. The first-order valence-corrected chi connectivity index (χ1v) is 9.06. The highest BCUT2D eigenvalue weighted by molar-refractivity contribution is 4.99. The Kier molecular flexibility index (Phi) is 5.92. The number of hydrogen-bond acceptors (Lipinski definition) is 2. The van der Waals surface area contributed by atoms with Crippen LogP contribution in [0.5, 0.6) is 0 Å². The lowest BCUT2D eigenvalue weighted by atomic mass is 9.70. The molecule has 3 atom stereocenters. The molecule has 0 aromatic rings. The topological polar surface area (TPSA) is 15.3 Å². The molecule has 2 rings (SSSR count). The van der Waals surface area contributed by atoms with Gasteiger partial charge in [-0.25, -0.2) is 0 Å². The van der Waals surface area contributed by atoms with Gasteiger partial charge in [0.2, 0.25) is 0 Å². The number of likely N-dealkylation sites (tertiary alicyclic amines) is 1. The minimum atomic E-state index is 0.459. The van der Waals surface area contributed by atoms with E-state index in [1.54, 1.807) is 0 Å². The molecule has 3 unspecified atom stereocenters. The molecule has 20 heavy (non-hydrogen) atoms. The van der Waals surface area contributed by atoms with Crippen molar-refractivity contribution in [1.82, 2.24) is 10.2 Å². The third-order valence-corrected chi connectivity index (χ3v) is 5.65. The summed E-state index contributed by atoms with van der Waals surface area (Å²) in [6.45, 7) is 13.5. The van der Waals surface area contributed by atoms with Crippen LogP contribution >= 0.6 is 0 Å². The molecule has 0 aromatic carbocycles. The van der Waals surface area contributed by atoms with Crippen LogP contribution in [0.25, 0.3) is 0 Å². The van der Waals surface area contributed by atoms with Gasteiger partial charge in [0.05, 0.1) is 0 Å². The van der Waals surface area contributed by atoms with E-state index in [-0.39, 0.29) is 0 Å². The molecule has 1 aliphatic heterocycles. The Labute approximate surface area is 126 Å². The third-order valence-electron chi connectivity index (χ3n) is 5.65. The van der Waals surface area contributed by atoms with E-state index in [2.05, 4.69) is 37.9 Å². The normalized spacial score (nSPS) is 34.5. The van der Waals surface area contributed by atoms with Crippen molar-refractivity contribution in [2.45, 2.75) is 84.7 Å². The van der Waals surface area contributed by atoms with Gasteiger partial charge in [0.25, 0.3) is 0 Å². The SMILES string of the molecule is CCCNC1C(N2CCC(CCC)C2)CCCC1(C)C. The summed E-state index contributed by atoms with van der Waals surface area (Å²) < 4.78 is 0. The molecule has 2 nitrogen and oxygen atoms in total. The highest BCUT2D eigenvalue weighted by Crippen LogP contribution is 2.39. The molecular weight excluding hydrogens is 244 g/mol. The van der Waals surface area contributed by atoms with Crippen molar-refractivity contribution in [2.75, 3.05) is 19.6 Å². The highest BCUT2D eigenvalue weighted by atomic mass is 15.2. The fourth-order valence-corrected chi connectivity index (χ4v) is 4.52. The summed E-state index contributed by atoms with van der Waals surface area (Å²) in [6.07, 6.45) is 9.67. The predicted molar refractivity (Wildman–Crippen MR) is 88.1 cm³/mol. The smallest absolute Gasteiger partial charge is 0.0274 e. The van der Waals surface area contributed by atoms with Crippen molar-refractivity contribution >= 4 is 0 Å². The minimum absolute atomic E-state index is 0.459. The Morgan fingerprint density at radius 2 is 1.95 bits per heavy atom. The Bertz CT molecular complexity index is 287. The van der Waals surface area contributed by atoms with E-state index >= 15 is 0 Å². The van der Waals surface area contributed by atoms with E-state index in [1.165, 1.54) is 64.6 Å². The molecular formula is C18H36N2. The van der Waals surface area contributed by atoms with E-state index in [0.717, 1.165) is 12.0 Å². The fourth-order valence-electron chi connectivity index (χ4n) is 4.52. The van der Waals surface area contributed by atoms with Gasteiger partial charge in [-0.3, -0.25) is 4.90 Å². The second-order valence-electron chi connectivity index (χ2n) is 7.82. The van der Waals surface area contributed by atoms with Crippen LogP contribution in [0.15, 0.2) is 0 Å². The maximum Gasteiger partial charge on any atom is 0.0274 e. The molecule has 1 saturated heterocycles. The monoisotopic (exact) mass is 280 g/mol.